The molecule has 0 unspecified atom stereocenters. The molecule has 0 aliphatic heterocycles. The fourth-order valence-electron chi connectivity index (χ4n) is 1.16. The summed E-state index contributed by atoms with van der Waals surface area (Å²) in [6.07, 6.45) is 0. The molecule has 76 valence electrons. The van der Waals surface area contributed by atoms with Crippen molar-refractivity contribution in [3.8, 4) is 0 Å². The summed E-state index contributed by atoms with van der Waals surface area (Å²) < 4.78 is 0. The SMILES string of the molecule is CC.Cc1nc2cc(C)c(C)nc2s1. The molecule has 2 aromatic rings. The molecular formula is C11H16N2S. The van der Waals surface area contributed by atoms with E-state index in [1.807, 2.05) is 27.7 Å². The van der Waals surface area contributed by atoms with Crippen LogP contribution in [0, 0.1) is 20.8 Å². The van der Waals surface area contributed by atoms with Crippen LogP contribution in [0.3, 0.4) is 0 Å². The van der Waals surface area contributed by atoms with Crippen molar-refractivity contribution in [2.24, 2.45) is 0 Å². The number of pyridine rings is 1. The molecule has 0 aliphatic rings. The highest BCUT2D eigenvalue weighted by Gasteiger charge is 2.03. The molecule has 0 amide bonds. The average Bonchev–Trinajstić information content (AvgIpc) is 2.49. The van der Waals surface area contributed by atoms with Crippen molar-refractivity contribution >= 4 is 21.7 Å². The van der Waals surface area contributed by atoms with Gasteiger partial charge in [-0.1, -0.05) is 25.2 Å². The Kier molecular flexibility index (Phi) is 3.58. The Morgan fingerprint density at radius 2 is 1.71 bits per heavy atom. The molecule has 3 heteroatoms. The van der Waals surface area contributed by atoms with Gasteiger partial charge in [0.25, 0.3) is 0 Å². The number of thiazole rings is 1. The van der Waals surface area contributed by atoms with Gasteiger partial charge in [-0.15, -0.1) is 0 Å². The standard InChI is InChI=1S/C9H10N2S.C2H6/c1-5-4-8-9(10-6(5)2)12-7(3)11-8;1-2/h4H,1-3H3;1-2H3. The Labute approximate surface area is 89.0 Å². The second-order valence-corrected chi connectivity index (χ2v) is 4.13. The third kappa shape index (κ3) is 2.10. The number of aryl methyl sites for hydroxylation is 3. The molecule has 2 rings (SSSR count). The summed E-state index contributed by atoms with van der Waals surface area (Å²) >= 11 is 1.65. The summed E-state index contributed by atoms with van der Waals surface area (Å²) in [5, 5.41) is 1.09. The molecule has 0 aliphatic carbocycles. The van der Waals surface area contributed by atoms with E-state index >= 15 is 0 Å². The van der Waals surface area contributed by atoms with Crippen molar-refractivity contribution in [1.82, 2.24) is 9.97 Å². The Bertz CT molecular complexity index is 393. The Morgan fingerprint density at radius 1 is 1.07 bits per heavy atom. The van der Waals surface area contributed by atoms with Crippen LogP contribution in [0.4, 0.5) is 0 Å². The van der Waals surface area contributed by atoms with E-state index in [1.165, 1.54) is 5.56 Å². The van der Waals surface area contributed by atoms with Crippen molar-refractivity contribution in [1.29, 1.82) is 0 Å². The molecule has 0 radical (unpaired) electrons. The topological polar surface area (TPSA) is 25.8 Å². The highest BCUT2D eigenvalue weighted by molar-refractivity contribution is 7.18. The van der Waals surface area contributed by atoms with E-state index in [-0.39, 0.29) is 0 Å². The summed E-state index contributed by atoms with van der Waals surface area (Å²) in [7, 11) is 0. The van der Waals surface area contributed by atoms with Gasteiger partial charge in [0.2, 0.25) is 0 Å². The number of hydrogen-bond donors (Lipinski definition) is 0. The van der Waals surface area contributed by atoms with Gasteiger partial charge in [0, 0.05) is 5.69 Å². The molecule has 0 atom stereocenters. The number of aromatic nitrogens is 2. The molecule has 0 saturated heterocycles. The zero-order valence-corrected chi connectivity index (χ0v) is 10.2. The van der Waals surface area contributed by atoms with E-state index in [0.717, 1.165) is 21.0 Å². The largest absolute Gasteiger partial charge is 0.240 e. The van der Waals surface area contributed by atoms with E-state index in [4.69, 9.17) is 0 Å². The summed E-state index contributed by atoms with van der Waals surface area (Å²) in [6.45, 7) is 10.1. The number of fused-ring (bicyclic) bond motifs is 1. The molecule has 0 bridgehead atoms. The van der Waals surface area contributed by atoms with Crippen LogP contribution in [0.25, 0.3) is 10.3 Å². The first-order valence-electron chi connectivity index (χ1n) is 4.88. The second-order valence-electron chi connectivity index (χ2n) is 2.95. The van der Waals surface area contributed by atoms with E-state index in [9.17, 15) is 0 Å². The first-order chi connectivity index (χ1) is 6.66. The first kappa shape index (κ1) is 11.1. The highest BCUT2D eigenvalue weighted by atomic mass is 32.1. The average molecular weight is 208 g/mol. The van der Waals surface area contributed by atoms with Gasteiger partial charge < -0.3 is 0 Å². The third-order valence-electron chi connectivity index (χ3n) is 1.93. The van der Waals surface area contributed by atoms with Crippen molar-refractivity contribution in [3.05, 3.63) is 22.3 Å². The second kappa shape index (κ2) is 4.51. The predicted molar refractivity (Wildman–Crippen MR) is 63.0 cm³/mol. The molecule has 14 heavy (non-hydrogen) atoms. The predicted octanol–water partition coefficient (Wildman–Crippen LogP) is 3.64. The van der Waals surface area contributed by atoms with Crippen molar-refractivity contribution in [3.63, 3.8) is 0 Å². The summed E-state index contributed by atoms with van der Waals surface area (Å²) in [5.41, 5.74) is 3.35. The zero-order chi connectivity index (χ0) is 10.7. The minimum atomic E-state index is 1.03. The van der Waals surface area contributed by atoms with Gasteiger partial charge in [-0.3, -0.25) is 0 Å². The monoisotopic (exact) mass is 208 g/mol. The molecule has 0 aromatic carbocycles. The molecule has 0 saturated carbocycles. The Balaban J connectivity index is 0.000000461. The van der Waals surface area contributed by atoms with Crippen LogP contribution in [-0.2, 0) is 0 Å². The number of hydrogen-bond acceptors (Lipinski definition) is 3. The van der Waals surface area contributed by atoms with Crippen LogP contribution < -0.4 is 0 Å². The zero-order valence-electron chi connectivity index (χ0n) is 9.38. The van der Waals surface area contributed by atoms with E-state index < -0.39 is 0 Å². The van der Waals surface area contributed by atoms with Crippen LogP contribution in [0.5, 0.6) is 0 Å². The maximum Gasteiger partial charge on any atom is 0.143 e. The minimum Gasteiger partial charge on any atom is -0.240 e. The van der Waals surface area contributed by atoms with E-state index in [0.29, 0.717) is 0 Å². The summed E-state index contributed by atoms with van der Waals surface area (Å²) in [4.78, 5) is 9.87. The lowest BCUT2D eigenvalue weighted by atomic mass is 10.2. The normalized spacial score (nSPS) is 9.79. The number of rotatable bonds is 0. The maximum atomic E-state index is 4.45. The van der Waals surface area contributed by atoms with Crippen LogP contribution >= 0.6 is 11.3 Å². The Hall–Kier alpha value is -0.960. The maximum absolute atomic E-state index is 4.45. The molecule has 0 spiro atoms. The minimum absolute atomic E-state index is 1.03. The van der Waals surface area contributed by atoms with Gasteiger partial charge in [0.1, 0.15) is 10.3 Å². The van der Waals surface area contributed by atoms with Gasteiger partial charge in [0.15, 0.2) is 0 Å². The quantitative estimate of drug-likeness (QED) is 0.660. The molecule has 0 fully saturated rings. The van der Waals surface area contributed by atoms with Gasteiger partial charge in [0.05, 0.1) is 5.01 Å². The van der Waals surface area contributed by atoms with Crippen LogP contribution in [0.2, 0.25) is 0 Å². The van der Waals surface area contributed by atoms with Crippen molar-refractivity contribution < 1.29 is 0 Å². The summed E-state index contributed by atoms with van der Waals surface area (Å²) in [6, 6.07) is 2.10. The van der Waals surface area contributed by atoms with Gasteiger partial charge in [-0.2, -0.15) is 0 Å². The van der Waals surface area contributed by atoms with Gasteiger partial charge >= 0.3 is 0 Å². The highest BCUT2D eigenvalue weighted by Crippen LogP contribution is 2.21. The lowest BCUT2D eigenvalue weighted by molar-refractivity contribution is 1.20. The lowest BCUT2D eigenvalue weighted by Crippen LogP contribution is -1.85. The van der Waals surface area contributed by atoms with Crippen LogP contribution in [-0.4, -0.2) is 9.97 Å². The summed E-state index contributed by atoms with van der Waals surface area (Å²) in [5.74, 6) is 0. The van der Waals surface area contributed by atoms with E-state index in [1.54, 1.807) is 11.3 Å². The molecule has 0 N–H and O–H groups in total. The van der Waals surface area contributed by atoms with Crippen molar-refractivity contribution in [2.75, 3.05) is 0 Å². The molecular weight excluding hydrogens is 192 g/mol. The Morgan fingerprint density at radius 3 is 2.36 bits per heavy atom. The lowest BCUT2D eigenvalue weighted by Gasteiger charge is -1.95. The fraction of sp³-hybridized carbons (Fsp3) is 0.455. The molecule has 2 heterocycles. The fourth-order valence-corrected chi connectivity index (χ4v) is 1.97. The first-order valence-corrected chi connectivity index (χ1v) is 5.70. The van der Waals surface area contributed by atoms with Crippen molar-refractivity contribution in [2.45, 2.75) is 34.6 Å². The van der Waals surface area contributed by atoms with Gasteiger partial charge in [-0.05, 0) is 32.4 Å². The molecule has 2 nitrogen and oxygen atoms in total. The number of nitrogens with zero attached hydrogens (tertiary/aromatic N) is 2. The third-order valence-corrected chi connectivity index (χ3v) is 2.82. The van der Waals surface area contributed by atoms with E-state index in [2.05, 4.69) is 23.0 Å². The molecule has 2 aromatic heterocycles. The van der Waals surface area contributed by atoms with Gasteiger partial charge in [-0.25, -0.2) is 9.97 Å². The van der Waals surface area contributed by atoms with Crippen LogP contribution in [0.15, 0.2) is 6.07 Å². The smallest absolute Gasteiger partial charge is 0.143 e. The van der Waals surface area contributed by atoms with Crippen LogP contribution in [0.1, 0.15) is 30.1 Å².